The highest BCUT2D eigenvalue weighted by Gasteiger charge is 1.97. The quantitative estimate of drug-likeness (QED) is 0.754. The van der Waals surface area contributed by atoms with Gasteiger partial charge in [0.05, 0.1) is 0 Å². The Balaban J connectivity index is 2.90. The Kier molecular flexibility index (Phi) is 4.69. The summed E-state index contributed by atoms with van der Waals surface area (Å²) in [6.07, 6.45) is 2.12. The smallest absolute Gasteiger partial charge is 0.0283 e. The van der Waals surface area contributed by atoms with Crippen molar-refractivity contribution in [1.29, 1.82) is 0 Å². The molecule has 1 aromatic carbocycles. The van der Waals surface area contributed by atoms with E-state index >= 15 is 0 Å². The van der Waals surface area contributed by atoms with Crippen LogP contribution >= 0.6 is 43.6 Å². The average Bonchev–Trinajstić information content (AvgIpc) is 2.04. The number of halogens is 2. The molecule has 0 aliphatic carbocycles. The molecule has 0 aliphatic rings. The fourth-order valence-corrected chi connectivity index (χ4v) is 2.46. The molecule has 0 atom stereocenters. The summed E-state index contributed by atoms with van der Waals surface area (Å²) in [7, 11) is 0. The Bertz CT molecular complexity index is 261. The first-order valence-electron chi connectivity index (χ1n) is 3.59. The maximum Gasteiger partial charge on any atom is 0.0283 e. The van der Waals surface area contributed by atoms with Crippen LogP contribution in [0.5, 0.6) is 0 Å². The molecule has 0 radical (unpaired) electrons. The van der Waals surface area contributed by atoms with Gasteiger partial charge in [-0.15, -0.1) is 0 Å². The first-order chi connectivity index (χ1) is 5.76. The predicted molar refractivity (Wildman–Crippen MR) is 64.0 cm³/mol. The average molecular weight is 310 g/mol. The molecule has 0 fully saturated rings. The summed E-state index contributed by atoms with van der Waals surface area (Å²) >= 11 is 8.79. The topological polar surface area (TPSA) is 0 Å². The summed E-state index contributed by atoms with van der Waals surface area (Å²) in [5.74, 6) is 1.08. The Morgan fingerprint density at radius 1 is 1.25 bits per heavy atom. The summed E-state index contributed by atoms with van der Waals surface area (Å²) in [6, 6.07) is 6.54. The molecule has 0 N–H and O–H groups in total. The molecule has 0 aromatic heterocycles. The lowest BCUT2D eigenvalue weighted by Crippen LogP contribution is -1.84. The van der Waals surface area contributed by atoms with Crippen LogP contribution in [-0.4, -0.2) is 6.26 Å². The van der Waals surface area contributed by atoms with Crippen LogP contribution in [-0.2, 0) is 11.1 Å². The second kappa shape index (κ2) is 5.30. The Morgan fingerprint density at radius 2 is 1.92 bits per heavy atom. The Morgan fingerprint density at radius 3 is 2.50 bits per heavy atom. The molecule has 0 unspecified atom stereocenters. The van der Waals surface area contributed by atoms with Crippen LogP contribution in [0.2, 0.25) is 0 Å². The Hall–Kier alpha value is 0.530. The van der Waals surface area contributed by atoms with Crippen molar-refractivity contribution in [3.63, 3.8) is 0 Å². The third-order valence-corrected chi connectivity index (χ3v) is 3.21. The minimum atomic E-state index is 0.924. The molecular formula is C9H10Br2S. The molecule has 1 aromatic rings. The van der Waals surface area contributed by atoms with Crippen LogP contribution in [0.15, 0.2) is 22.7 Å². The van der Waals surface area contributed by atoms with Crippen LogP contribution in [0.3, 0.4) is 0 Å². The van der Waals surface area contributed by atoms with Crippen molar-refractivity contribution < 1.29 is 0 Å². The number of rotatable bonds is 3. The van der Waals surface area contributed by atoms with Gasteiger partial charge in [0.1, 0.15) is 0 Å². The lowest BCUT2D eigenvalue weighted by Gasteiger charge is -2.02. The van der Waals surface area contributed by atoms with Gasteiger partial charge in [-0.2, -0.15) is 11.8 Å². The lowest BCUT2D eigenvalue weighted by atomic mass is 10.2. The zero-order valence-corrected chi connectivity index (χ0v) is 10.8. The van der Waals surface area contributed by atoms with Gasteiger partial charge in [-0.25, -0.2) is 0 Å². The zero-order chi connectivity index (χ0) is 8.97. The summed E-state index contributed by atoms with van der Waals surface area (Å²) in [6.45, 7) is 0. The van der Waals surface area contributed by atoms with Gasteiger partial charge in [-0.05, 0) is 29.5 Å². The van der Waals surface area contributed by atoms with E-state index in [4.69, 9.17) is 0 Å². The molecule has 0 spiro atoms. The van der Waals surface area contributed by atoms with E-state index < -0.39 is 0 Å². The number of hydrogen-bond donors (Lipinski definition) is 0. The number of alkyl halides is 1. The largest absolute Gasteiger partial charge is 0.161 e. The van der Waals surface area contributed by atoms with Crippen molar-refractivity contribution in [3.8, 4) is 0 Å². The molecule has 0 bridgehead atoms. The van der Waals surface area contributed by atoms with Gasteiger partial charge in [0.15, 0.2) is 0 Å². The first kappa shape index (κ1) is 10.6. The second-order valence-corrected chi connectivity index (χ2v) is 4.88. The fourth-order valence-electron chi connectivity index (χ4n) is 1.04. The monoisotopic (exact) mass is 308 g/mol. The summed E-state index contributed by atoms with van der Waals surface area (Å²) in [4.78, 5) is 0. The van der Waals surface area contributed by atoms with Crippen molar-refractivity contribution in [2.45, 2.75) is 11.1 Å². The van der Waals surface area contributed by atoms with Crippen LogP contribution in [0.25, 0.3) is 0 Å². The fraction of sp³-hybridized carbons (Fsp3) is 0.333. The third-order valence-electron chi connectivity index (χ3n) is 1.48. The van der Waals surface area contributed by atoms with Gasteiger partial charge >= 0.3 is 0 Å². The normalized spacial score (nSPS) is 10.2. The molecule has 0 aliphatic heterocycles. The van der Waals surface area contributed by atoms with Gasteiger partial charge < -0.3 is 0 Å². The Labute approximate surface area is 94.4 Å². The van der Waals surface area contributed by atoms with E-state index in [1.165, 1.54) is 15.6 Å². The van der Waals surface area contributed by atoms with E-state index in [0.717, 1.165) is 11.1 Å². The molecule has 0 saturated carbocycles. The SMILES string of the molecule is CSCc1cc(Br)cc(CBr)c1. The van der Waals surface area contributed by atoms with Crippen LogP contribution in [0, 0.1) is 0 Å². The van der Waals surface area contributed by atoms with Crippen LogP contribution in [0.1, 0.15) is 11.1 Å². The van der Waals surface area contributed by atoms with Crippen molar-refractivity contribution in [2.75, 3.05) is 6.26 Å². The highest BCUT2D eigenvalue weighted by atomic mass is 79.9. The highest BCUT2D eigenvalue weighted by Crippen LogP contribution is 2.20. The highest BCUT2D eigenvalue weighted by molar-refractivity contribution is 9.10. The minimum Gasteiger partial charge on any atom is -0.161 e. The minimum absolute atomic E-state index is 0.924. The van der Waals surface area contributed by atoms with Gasteiger partial charge in [-0.3, -0.25) is 0 Å². The van der Waals surface area contributed by atoms with E-state index in [9.17, 15) is 0 Å². The van der Waals surface area contributed by atoms with Crippen molar-refractivity contribution in [1.82, 2.24) is 0 Å². The van der Waals surface area contributed by atoms with Crippen molar-refractivity contribution >= 4 is 43.6 Å². The molecular weight excluding hydrogens is 300 g/mol. The number of benzene rings is 1. The van der Waals surface area contributed by atoms with Crippen molar-refractivity contribution in [3.05, 3.63) is 33.8 Å². The van der Waals surface area contributed by atoms with Gasteiger partial charge in [-0.1, -0.05) is 37.9 Å². The molecule has 0 amide bonds. The van der Waals surface area contributed by atoms with E-state index in [-0.39, 0.29) is 0 Å². The molecule has 66 valence electrons. The van der Waals surface area contributed by atoms with Crippen molar-refractivity contribution in [2.24, 2.45) is 0 Å². The molecule has 0 heterocycles. The molecule has 3 heteroatoms. The first-order valence-corrected chi connectivity index (χ1v) is 6.90. The number of thioether (sulfide) groups is 1. The number of hydrogen-bond acceptors (Lipinski definition) is 1. The maximum atomic E-state index is 3.49. The molecule has 0 nitrogen and oxygen atoms in total. The van der Waals surface area contributed by atoms with Gasteiger partial charge in [0.2, 0.25) is 0 Å². The van der Waals surface area contributed by atoms with Gasteiger partial charge in [0, 0.05) is 15.6 Å². The molecule has 12 heavy (non-hydrogen) atoms. The molecule has 0 saturated heterocycles. The van der Waals surface area contributed by atoms with E-state index in [2.05, 4.69) is 56.3 Å². The maximum absolute atomic E-state index is 3.49. The predicted octanol–water partition coefficient (Wildman–Crippen LogP) is 4.21. The zero-order valence-electron chi connectivity index (χ0n) is 6.81. The van der Waals surface area contributed by atoms with E-state index in [1.807, 2.05) is 11.8 Å². The van der Waals surface area contributed by atoms with Crippen LogP contribution in [0.4, 0.5) is 0 Å². The van der Waals surface area contributed by atoms with E-state index in [0.29, 0.717) is 0 Å². The summed E-state index contributed by atoms with van der Waals surface area (Å²) in [5, 5.41) is 0.924. The standard InChI is InChI=1S/C9H10Br2S/c1-12-6-8-2-7(5-10)3-9(11)4-8/h2-4H,5-6H2,1H3. The molecule has 1 rings (SSSR count). The summed E-state index contributed by atoms with van der Waals surface area (Å²) < 4.78 is 1.17. The summed E-state index contributed by atoms with van der Waals surface area (Å²) in [5.41, 5.74) is 2.71. The lowest BCUT2D eigenvalue weighted by molar-refractivity contribution is 1.33. The van der Waals surface area contributed by atoms with E-state index in [1.54, 1.807) is 0 Å². The second-order valence-electron chi connectivity index (χ2n) is 2.53. The van der Waals surface area contributed by atoms with Gasteiger partial charge in [0.25, 0.3) is 0 Å². The van der Waals surface area contributed by atoms with Crippen LogP contribution < -0.4 is 0 Å². The third kappa shape index (κ3) is 3.11.